The number of thiazole rings is 1. The van der Waals surface area contributed by atoms with Crippen LogP contribution in [0.5, 0.6) is 0 Å². The molecule has 2 aromatic rings. The summed E-state index contributed by atoms with van der Waals surface area (Å²) >= 11 is 3.28. The lowest BCUT2D eigenvalue weighted by molar-refractivity contribution is 0.579. The Kier molecular flexibility index (Phi) is 5.12. The standard InChI is InChI=1S/C12H14FN3S2/c13-9-1-3-11(4-2-9)17-7-10(16-14)5-12-6-15-8-18-12/h1-4,6,8,10,16H,5,7,14H2. The van der Waals surface area contributed by atoms with E-state index in [9.17, 15) is 4.39 Å². The zero-order valence-electron chi connectivity index (χ0n) is 9.67. The Bertz CT molecular complexity index is 459. The SMILES string of the molecule is NNC(CSc1ccc(F)cc1)Cc1cncs1. The molecule has 0 aliphatic carbocycles. The second kappa shape index (κ2) is 6.84. The van der Waals surface area contributed by atoms with Crippen LogP contribution in [0.3, 0.4) is 0 Å². The van der Waals surface area contributed by atoms with Crippen LogP contribution in [0, 0.1) is 5.82 Å². The minimum atomic E-state index is -0.211. The quantitative estimate of drug-likeness (QED) is 0.486. The van der Waals surface area contributed by atoms with Gasteiger partial charge in [0.05, 0.1) is 5.51 Å². The molecule has 1 atom stereocenters. The van der Waals surface area contributed by atoms with E-state index in [1.165, 1.54) is 17.0 Å². The summed E-state index contributed by atoms with van der Waals surface area (Å²) in [5.41, 5.74) is 4.62. The highest BCUT2D eigenvalue weighted by Gasteiger charge is 2.09. The number of hydrazine groups is 1. The fourth-order valence-corrected chi connectivity index (χ4v) is 3.09. The highest BCUT2D eigenvalue weighted by atomic mass is 32.2. The molecule has 0 saturated heterocycles. The van der Waals surface area contributed by atoms with Gasteiger partial charge in [0, 0.05) is 34.2 Å². The maximum absolute atomic E-state index is 12.8. The largest absolute Gasteiger partial charge is 0.271 e. The van der Waals surface area contributed by atoms with Gasteiger partial charge in [0.15, 0.2) is 0 Å². The Morgan fingerprint density at radius 3 is 2.78 bits per heavy atom. The molecule has 0 spiro atoms. The minimum Gasteiger partial charge on any atom is -0.271 e. The third-order valence-electron chi connectivity index (χ3n) is 2.43. The fourth-order valence-electron chi connectivity index (χ4n) is 1.48. The summed E-state index contributed by atoms with van der Waals surface area (Å²) in [4.78, 5) is 6.29. The van der Waals surface area contributed by atoms with Gasteiger partial charge in [0.25, 0.3) is 0 Å². The van der Waals surface area contributed by atoms with E-state index in [0.29, 0.717) is 0 Å². The number of thioether (sulfide) groups is 1. The van der Waals surface area contributed by atoms with E-state index in [4.69, 9.17) is 5.84 Å². The van der Waals surface area contributed by atoms with Gasteiger partial charge in [-0.1, -0.05) is 0 Å². The van der Waals surface area contributed by atoms with E-state index in [1.54, 1.807) is 35.2 Å². The van der Waals surface area contributed by atoms with Crippen molar-refractivity contribution in [1.82, 2.24) is 10.4 Å². The Morgan fingerprint density at radius 1 is 1.39 bits per heavy atom. The number of nitrogens with one attached hydrogen (secondary N) is 1. The molecule has 0 aliphatic heterocycles. The molecule has 0 saturated carbocycles. The predicted octanol–water partition coefficient (Wildman–Crippen LogP) is 2.45. The Morgan fingerprint density at radius 2 is 2.17 bits per heavy atom. The number of halogens is 1. The first-order valence-corrected chi connectivity index (χ1v) is 7.36. The lowest BCUT2D eigenvalue weighted by Gasteiger charge is -2.14. The van der Waals surface area contributed by atoms with Gasteiger partial charge in [-0.25, -0.2) is 4.39 Å². The van der Waals surface area contributed by atoms with E-state index in [-0.39, 0.29) is 11.9 Å². The average Bonchev–Trinajstić information content (AvgIpc) is 2.89. The second-order valence-corrected chi connectivity index (χ2v) is 5.86. The summed E-state index contributed by atoms with van der Waals surface area (Å²) in [6.07, 6.45) is 2.72. The molecule has 3 nitrogen and oxygen atoms in total. The molecule has 0 radical (unpaired) electrons. The zero-order chi connectivity index (χ0) is 12.8. The van der Waals surface area contributed by atoms with E-state index in [0.717, 1.165) is 17.1 Å². The molecular formula is C12H14FN3S2. The van der Waals surface area contributed by atoms with Gasteiger partial charge in [-0.3, -0.25) is 16.3 Å². The third kappa shape index (κ3) is 4.06. The van der Waals surface area contributed by atoms with Crippen molar-refractivity contribution in [3.05, 3.63) is 46.7 Å². The van der Waals surface area contributed by atoms with Crippen LogP contribution in [0.25, 0.3) is 0 Å². The van der Waals surface area contributed by atoms with E-state index in [2.05, 4.69) is 10.4 Å². The average molecular weight is 283 g/mol. The number of benzene rings is 1. The monoisotopic (exact) mass is 283 g/mol. The van der Waals surface area contributed by atoms with Crippen molar-refractivity contribution in [3.63, 3.8) is 0 Å². The number of aromatic nitrogens is 1. The topological polar surface area (TPSA) is 50.9 Å². The molecule has 6 heteroatoms. The Labute approximate surface area is 114 Å². The van der Waals surface area contributed by atoms with Crippen LogP contribution < -0.4 is 11.3 Å². The number of hydrogen-bond acceptors (Lipinski definition) is 5. The first-order chi connectivity index (χ1) is 8.78. The molecule has 1 heterocycles. The molecule has 3 N–H and O–H groups in total. The summed E-state index contributed by atoms with van der Waals surface area (Å²) in [5, 5.41) is 0. The van der Waals surface area contributed by atoms with Crippen molar-refractivity contribution in [1.29, 1.82) is 0 Å². The molecule has 1 aromatic carbocycles. The van der Waals surface area contributed by atoms with E-state index in [1.807, 2.05) is 11.7 Å². The molecule has 18 heavy (non-hydrogen) atoms. The van der Waals surface area contributed by atoms with Crippen LogP contribution in [0.15, 0.2) is 40.9 Å². The maximum Gasteiger partial charge on any atom is 0.123 e. The fraction of sp³-hybridized carbons (Fsp3) is 0.250. The highest BCUT2D eigenvalue weighted by molar-refractivity contribution is 7.99. The predicted molar refractivity (Wildman–Crippen MR) is 74.1 cm³/mol. The molecule has 0 fully saturated rings. The molecule has 1 unspecified atom stereocenters. The second-order valence-electron chi connectivity index (χ2n) is 3.80. The van der Waals surface area contributed by atoms with Crippen molar-refractivity contribution >= 4 is 23.1 Å². The molecule has 1 aromatic heterocycles. The summed E-state index contributed by atoms with van der Waals surface area (Å²) in [5.74, 6) is 6.16. The summed E-state index contributed by atoms with van der Waals surface area (Å²) in [7, 11) is 0. The number of rotatable bonds is 6. The molecule has 0 aliphatic rings. The molecule has 0 bridgehead atoms. The number of nitrogens with two attached hydrogens (primary N) is 1. The number of nitrogens with zero attached hydrogens (tertiary/aromatic N) is 1. The lowest BCUT2D eigenvalue weighted by atomic mass is 10.2. The van der Waals surface area contributed by atoms with Crippen molar-refractivity contribution in [2.45, 2.75) is 17.4 Å². The zero-order valence-corrected chi connectivity index (χ0v) is 11.3. The Balaban J connectivity index is 1.85. The van der Waals surface area contributed by atoms with Crippen molar-refractivity contribution < 1.29 is 4.39 Å². The van der Waals surface area contributed by atoms with Crippen LogP contribution in [0.2, 0.25) is 0 Å². The van der Waals surface area contributed by atoms with Gasteiger partial charge in [0.1, 0.15) is 5.82 Å². The van der Waals surface area contributed by atoms with Gasteiger partial charge in [-0.2, -0.15) is 0 Å². The molecular weight excluding hydrogens is 269 g/mol. The minimum absolute atomic E-state index is 0.181. The summed E-state index contributed by atoms with van der Waals surface area (Å²) in [6.45, 7) is 0. The molecule has 96 valence electrons. The van der Waals surface area contributed by atoms with E-state index >= 15 is 0 Å². The van der Waals surface area contributed by atoms with Gasteiger partial charge in [-0.05, 0) is 24.3 Å². The van der Waals surface area contributed by atoms with Gasteiger partial charge >= 0.3 is 0 Å². The van der Waals surface area contributed by atoms with Crippen LogP contribution >= 0.6 is 23.1 Å². The summed E-state index contributed by atoms with van der Waals surface area (Å²) < 4.78 is 12.8. The first kappa shape index (κ1) is 13.5. The van der Waals surface area contributed by atoms with Crippen molar-refractivity contribution in [2.75, 3.05) is 5.75 Å². The van der Waals surface area contributed by atoms with Gasteiger partial charge in [0.2, 0.25) is 0 Å². The van der Waals surface area contributed by atoms with Crippen LogP contribution in [0.1, 0.15) is 4.88 Å². The maximum atomic E-state index is 12.8. The first-order valence-electron chi connectivity index (χ1n) is 5.50. The van der Waals surface area contributed by atoms with Crippen molar-refractivity contribution in [3.8, 4) is 0 Å². The van der Waals surface area contributed by atoms with Crippen LogP contribution in [-0.2, 0) is 6.42 Å². The Hall–Kier alpha value is -0.950. The normalized spacial score (nSPS) is 12.6. The van der Waals surface area contributed by atoms with Gasteiger partial charge < -0.3 is 0 Å². The highest BCUT2D eigenvalue weighted by Crippen LogP contribution is 2.20. The third-order valence-corrected chi connectivity index (χ3v) is 4.41. The lowest BCUT2D eigenvalue weighted by Crippen LogP contribution is -2.38. The number of hydrogen-bond donors (Lipinski definition) is 2. The molecule has 2 rings (SSSR count). The summed E-state index contributed by atoms with van der Waals surface area (Å²) in [6, 6.07) is 6.67. The van der Waals surface area contributed by atoms with Gasteiger partial charge in [-0.15, -0.1) is 23.1 Å². The van der Waals surface area contributed by atoms with E-state index < -0.39 is 0 Å². The smallest absolute Gasteiger partial charge is 0.123 e. The molecule has 0 amide bonds. The van der Waals surface area contributed by atoms with Crippen LogP contribution in [0.4, 0.5) is 4.39 Å². The van der Waals surface area contributed by atoms with Crippen LogP contribution in [-0.4, -0.2) is 16.8 Å². The van der Waals surface area contributed by atoms with Crippen molar-refractivity contribution in [2.24, 2.45) is 5.84 Å².